The largest absolute Gasteiger partial charge is 0.492 e. The van der Waals surface area contributed by atoms with E-state index in [9.17, 15) is 54.6 Å². The molecule has 0 spiro atoms. The Bertz CT molecular complexity index is 3080. The van der Waals surface area contributed by atoms with E-state index in [1.807, 2.05) is 43.4 Å². The van der Waals surface area contributed by atoms with Crippen molar-refractivity contribution in [1.82, 2.24) is 15.7 Å². The van der Waals surface area contributed by atoms with Gasteiger partial charge in [0.1, 0.15) is 36.6 Å². The van der Waals surface area contributed by atoms with Gasteiger partial charge in [-0.2, -0.15) is 5.48 Å². The first-order valence-electron chi connectivity index (χ1n) is 30.0. The number of methoxy groups -OCH3 is 5. The maximum atomic E-state index is 14.5. The number of carboxylic acid groups (broad SMARTS) is 1. The van der Waals surface area contributed by atoms with Crippen molar-refractivity contribution in [3.05, 3.63) is 49.8 Å². The number of ketones is 1. The third-order valence-electron chi connectivity index (χ3n) is 16.5. The molecule has 4 fully saturated rings. The number of carbonyl (C=O) groups is 5. The van der Waals surface area contributed by atoms with Crippen LogP contribution in [0.15, 0.2) is 35.1 Å². The number of halogens is 1. The fraction of sp³-hybridized carbons (Fsp3) is 0.661. The molecule has 4 aliphatic heterocycles. The third kappa shape index (κ3) is 18.1. The molecule has 6 aliphatic rings. The van der Waals surface area contributed by atoms with Crippen molar-refractivity contribution in [3.8, 4) is 40.9 Å². The Morgan fingerprint density at radius 1 is 0.882 bits per heavy atom. The second-order valence-corrected chi connectivity index (χ2v) is 28.6. The molecule has 1 aromatic rings. The van der Waals surface area contributed by atoms with Crippen LogP contribution < -0.4 is 25.0 Å². The summed E-state index contributed by atoms with van der Waals surface area (Å²) in [7, 11) is 9.38. The van der Waals surface area contributed by atoms with E-state index >= 15 is 0 Å². The average Bonchev–Trinajstić information content (AvgIpc) is 0.764. The van der Waals surface area contributed by atoms with E-state index in [0.29, 0.717) is 22.1 Å². The first-order valence-corrected chi connectivity index (χ1v) is 34.3. The number of likely N-dealkylation sites (N-methyl/N-ethyl adjacent to an activating group) is 1. The number of aliphatic hydroxyl groups is 5. The Labute approximate surface area is 566 Å². The summed E-state index contributed by atoms with van der Waals surface area (Å²) in [6.45, 7) is 13.9. The van der Waals surface area contributed by atoms with Gasteiger partial charge in [0, 0.05) is 68.6 Å². The number of thioether (sulfide) groups is 1. The van der Waals surface area contributed by atoms with E-state index in [1.165, 1.54) is 69.1 Å². The van der Waals surface area contributed by atoms with Crippen LogP contribution in [-0.4, -0.2) is 239 Å². The molecule has 0 unspecified atom stereocenters. The number of carboxylic acids is 1. The highest BCUT2D eigenvalue weighted by atomic mass is 127. The van der Waals surface area contributed by atoms with Gasteiger partial charge in [-0.05, 0) is 95.2 Å². The second kappa shape index (κ2) is 33.8. The molecule has 0 radical (unpaired) electrons. The van der Waals surface area contributed by atoms with E-state index in [-0.39, 0.29) is 77.2 Å². The van der Waals surface area contributed by atoms with Crippen molar-refractivity contribution in [1.29, 1.82) is 0 Å². The van der Waals surface area contributed by atoms with Gasteiger partial charge in [0.2, 0.25) is 23.1 Å². The summed E-state index contributed by atoms with van der Waals surface area (Å²) in [4.78, 5) is 73.8. The third-order valence-corrected chi connectivity index (χ3v) is 22.4. The Balaban J connectivity index is 1.15. The molecule has 8 N–H and O–H groups in total. The number of Topliss-reactive ketones (excluding diaryl/α,β-unsaturated/α-hetero) is 1. The topological polar surface area (TPSA) is 354 Å². The van der Waals surface area contributed by atoms with E-state index in [2.05, 4.69) is 34.5 Å². The van der Waals surface area contributed by atoms with Gasteiger partial charge in [-0.25, -0.2) is 4.79 Å². The molecular formula is C62H84IN3O24S3. The number of allylic oxidation sites excluding steroid dienone is 3. The van der Waals surface area contributed by atoms with Crippen molar-refractivity contribution in [2.24, 2.45) is 0 Å². The molecule has 516 valence electrons. The first-order chi connectivity index (χ1) is 44.1. The number of nitrogens with zero attached hydrogens (tertiary/aromatic N) is 1. The number of rotatable bonds is 25. The van der Waals surface area contributed by atoms with E-state index in [1.54, 1.807) is 38.7 Å². The maximum Gasteiger partial charge on any atom is 0.411 e. The maximum absolute atomic E-state index is 14.5. The normalized spacial score (nSPS) is 33.7. The van der Waals surface area contributed by atoms with Crippen LogP contribution in [0.4, 0.5) is 4.79 Å². The zero-order chi connectivity index (χ0) is 68.4. The van der Waals surface area contributed by atoms with Gasteiger partial charge in [-0.1, -0.05) is 63.1 Å². The predicted molar refractivity (Wildman–Crippen MR) is 346 cm³/mol. The molecule has 4 saturated heterocycles. The number of aliphatic hydroxyl groups excluding tert-OH is 4. The smallest absolute Gasteiger partial charge is 0.411 e. The highest BCUT2D eigenvalue weighted by molar-refractivity contribution is 14.1. The van der Waals surface area contributed by atoms with Crippen LogP contribution in [0.25, 0.3) is 0 Å². The number of alkyl carbamates (subject to hydrolysis) is 1. The standard InChI is InChI=1S/C62H84IN3O24S3/c1-14-66(33(6)67)35-28-83-41(26-39(35)78-9)88-54-49(73)46(30(3)85-59(54)87-38-19-17-15-16-18-22-62(77)27-37(69)47(64-60(76)82-13)44(38)34(62)21-24-91-93-61(7,8)23-20-40(70)71)65-90-42-25-36(68)56(32(5)84-42)92-57(75)43-29(2)45(63)52(55(81-12)51(43)79-10)89-58-50(74)53(80-11)48(72)31(4)86-58/h15-16,21,30-32,35-36,38-39,41-42,46,48-50,53-54,56,58-59,65,68,72-74,77H,14,20,23-28H2,1-13H3,(H,64,76)(H,70,71)/b16-15+,34-21+/t30-,31+,32-,35+,36+,38+,39+,41+,42+,46-,48+,49+,50-,53-,54-,56-,58+,59+,62+/m1/s1. The van der Waals surface area contributed by atoms with E-state index < -0.39 is 149 Å². The van der Waals surface area contributed by atoms with Gasteiger partial charge in [0.05, 0.1) is 97.0 Å². The summed E-state index contributed by atoms with van der Waals surface area (Å²) in [5.41, 5.74) is 0.809. The van der Waals surface area contributed by atoms with Gasteiger partial charge in [0.15, 0.2) is 41.8 Å². The van der Waals surface area contributed by atoms with Crippen molar-refractivity contribution in [2.45, 2.75) is 207 Å². The number of nitrogens with one attached hydrogen (secondary N) is 2. The summed E-state index contributed by atoms with van der Waals surface area (Å²) in [5.74, 6) is 9.77. The fourth-order valence-corrected chi connectivity index (χ4v) is 15.8. The molecule has 27 nitrogen and oxygen atoms in total. The van der Waals surface area contributed by atoms with Crippen LogP contribution in [0.2, 0.25) is 0 Å². The van der Waals surface area contributed by atoms with Crippen LogP contribution >= 0.6 is 55.9 Å². The number of hydrogen-bond acceptors (Lipinski definition) is 27. The Morgan fingerprint density at radius 3 is 2.22 bits per heavy atom. The van der Waals surface area contributed by atoms with Crippen molar-refractivity contribution in [3.63, 3.8) is 0 Å². The molecule has 4 heterocycles. The number of fused-ring (bicyclic) bond motifs is 2. The summed E-state index contributed by atoms with van der Waals surface area (Å²) in [6, 6.07) is -1.69. The van der Waals surface area contributed by atoms with Gasteiger partial charge in [0.25, 0.3) is 0 Å². The molecule has 19 atom stereocenters. The number of benzene rings is 1. The molecule has 7 rings (SSSR count). The van der Waals surface area contributed by atoms with Crippen molar-refractivity contribution in [2.75, 3.05) is 54.5 Å². The molecule has 0 saturated carbocycles. The van der Waals surface area contributed by atoms with Crippen LogP contribution in [0.1, 0.15) is 96.5 Å². The lowest BCUT2D eigenvalue weighted by Crippen LogP contribution is -2.65. The molecule has 31 heteroatoms. The highest BCUT2D eigenvalue weighted by Gasteiger charge is 2.52. The molecule has 2 amide bonds. The number of carbonyl (C=O) groups excluding carboxylic acids is 4. The molecular weight excluding hydrogens is 1390 g/mol. The molecule has 1 aromatic carbocycles. The van der Waals surface area contributed by atoms with Gasteiger partial charge >= 0.3 is 12.1 Å². The monoisotopic (exact) mass is 1480 g/mol. The molecule has 2 bridgehead atoms. The van der Waals surface area contributed by atoms with Crippen molar-refractivity contribution < 1.29 is 116 Å². The number of ether oxygens (including phenoxy) is 12. The van der Waals surface area contributed by atoms with Crippen molar-refractivity contribution >= 4 is 84.8 Å². The lowest BCUT2D eigenvalue weighted by atomic mass is 9.75. The molecule has 0 aromatic heterocycles. The average molecular weight is 1480 g/mol. The number of amides is 2. The van der Waals surface area contributed by atoms with Crippen LogP contribution in [0.5, 0.6) is 17.2 Å². The van der Waals surface area contributed by atoms with Gasteiger partial charge in [-0.15, -0.1) is 0 Å². The number of aliphatic carboxylic acids is 1. The lowest BCUT2D eigenvalue weighted by molar-refractivity contribution is -0.337. The first kappa shape index (κ1) is 76.1. The minimum Gasteiger partial charge on any atom is -0.492 e. The Hall–Kier alpha value is -4.31. The van der Waals surface area contributed by atoms with E-state index in [0.717, 1.165) is 18.9 Å². The zero-order valence-corrected chi connectivity index (χ0v) is 58.5. The van der Waals surface area contributed by atoms with Gasteiger partial charge in [-0.3, -0.25) is 29.3 Å². The second-order valence-electron chi connectivity index (χ2n) is 23.3. The number of hydrogen-bond donors (Lipinski definition) is 8. The van der Waals surface area contributed by atoms with Crippen LogP contribution in [0, 0.1) is 34.2 Å². The Morgan fingerprint density at radius 2 is 1.58 bits per heavy atom. The highest BCUT2D eigenvalue weighted by Crippen LogP contribution is 2.49. The Kier molecular flexibility index (Phi) is 27.6. The molecule has 93 heavy (non-hydrogen) atoms. The SMILES string of the molecule is CCN(C(C)=O)[C@H]1CO[C@@H](O[C@H]2[C@H](O[C@H]3C#C/C=C/C#C[C@]4(O)CC(=O)C(NC(=O)OC)=C3/C4=C\CSSC(C)(C)CCC(=O)O)O[C@H](C)[C@@H](NO[C@H]3C[C@H](O)[C@H](SC(=O)c4c(C)c(I)c(O[C@@H]5O[C@@H](C)[C@H](O)[C@@H](OC)[C@H]5O)c(OC)c4OC)[C@@H](C)O3)[C@@H]2O)C[C@@H]1OC. The summed E-state index contributed by atoms with van der Waals surface area (Å²) < 4.78 is 72.3. The summed E-state index contributed by atoms with van der Waals surface area (Å²) in [5, 5.41) is 69.1. The number of hydroxylamine groups is 1. The molecule has 2 aliphatic carbocycles. The summed E-state index contributed by atoms with van der Waals surface area (Å²) >= 11 is 2.78. The van der Waals surface area contributed by atoms with Crippen LogP contribution in [-0.2, 0) is 61.9 Å². The van der Waals surface area contributed by atoms with Crippen LogP contribution in [0.3, 0.4) is 0 Å². The predicted octanol–water partition coefficient (Wildman–Crippen LogP) is 3.82. The lowest BCUT2D eigenvalue weighted by Gasteiger charge is -2.47. The van der Waals surface area contributed by atoms with Gasteiger partial charge < -0.3 is 92.4 Å². The minimum absolute atomic E-state index is 0.00298. The minimum atomic E-state index is -2.18. The zero-order valence-electron chi connectivity index (χ0n) is 53.9. The quantitative estimate of drug-likeness (QED) is 0.0227. The van der Waals surface area contributed by atoms with E-state index in [4.69, 9.17) is 61.7 Å². The fourth-order valence-electron chi connectivity index (χ4n) is 11.6. The summed E-state index contributed by atoms with van der Waals surface area (Å²) in [6.07, 6.45) is -15.2.